The number of alkyl halides is 2. The van der Waals surface area contributed by atoms with Gasteiger partial charge < -0.3 is 14.0 Å². The number of hydrogen-bond donors (Lipinski definition) is 0. The Bertz CT molecular complexity index is 859. The minimum absolute atomic E-state index is 0.115. The molecule has 3 rings (SSSR count). The molecule has 0 amide bonds. The van der Waals surface area contributed by atoms with Crippen LogP contribution in [0.3, 0.4) is 0 Å². The molecular weight excluding hydrogens is 372 g/mol. The van der Waals surface area contributed by atoms with E-state index < -0.39 is 5.76 Å². The van der Waals surface area contributed by atoms with Crippen molar-refractivity contribution in [2.75, 3.05) is 13.7 Å². The summed E-state index contributed by atoms with van der Waals surface area (Å²) in [4.78, 5) is 0. The minimum atomic E-state index is -2.57. The van der Waals surface area contributed by atoms with Gasteiger partial charge in [0.25, 0.3) is 5.76 Å². The normalized spacial score (nSPS) is 11.1. The Hall–Kier alpha value is -2.45. The zero-order valence-corrected chi connectivity index (χ0v) is 15.5. The number of nitrogens with zero attached hydrogens (tertiary/aromatic N) is 3. The minimum Gasteiger partial charge on any atom is -0.485 e. The van der Waals surface area contributed by atoms with Gasteiger partial charge in [-0.05, 0) is 23.4 Å². The SMILES string of the molecule is COCCn1c(COc2ccccc2-c2ccccc2)nnc1SC(F)F. The summed E-state index contributed by atoms with van der Waals surface area (Å²) in [5.41, 5.74) is 1.98. The van der Waals surface area contributed by atoms with Gasteiger partial charge in [0.1, 0.15) is 12.4 Å². The highest BCUT2D eigenvalue weighted by Gasteiger charge is 2.17. The fourth-order valence-electron chi connectivity index (χ4n) is 2.59. The first kappa shape index (κ1) is 19.3. The average molecular weight is 391 g/mol. The van der Waals surface area contributed by atoms with Gasteiger partial charge in [0.15, 0.2) is 11.0 Å². The maximum atomic E-state index is 12.7. The van der Waals surface area contributed by atoms with E-state index in [0.29, 0.717) is 36.5 Å². The summed E-state index contributed by atoms with van der Waals surface area (Å²) in [5.74, 6) is -1.41. The van der Waals surface area contributed by atoms with E-state index in [-0.39, 0.29) is 11.8 Å². The molecule has 0 N–H and O–H groups in total. The van der Waals surface area contributed by atoms with Gasteiger partial charge in [-0.25, -0.2) is 0 Å². The Morgan fingerprint density at radius 3 is 2.52 bits per heavy atom. The van der Waals surface area contributed by atoms with Gasteiger partial charge in [-0.1, -0.05) is 48.5 Å². The molecule has 0 bridgehead atoms. The Kier molecular flexibility index (Phi) is 6.78. The predicted molar refractivity (Wildman–Crippen MR) is 100.0 cm³/mol. The second-order valence-corrected chi connectivity index (χ2v) is 6.53. The van der Waals surface area contributed by atoms with Crippen LogP contribution in [0.15, 0.2) is 59.8 Å². The topological polar surface area (TPSA) is 49.2 Å². The Morgan fingerprint density at radius 2 is 1.78 bits per heavy atom. The molecule has 1 heterocycles. The van der Waals surface area contributed by atoms with Crippen LogP contribution in [0.5, 0.6) is 5.75 Å². The zero-order valence-electron chi connectivity index (χ0n) is 14.7. The van der Waals surface area contributed by atoms with Gasteiger partial charge >= 0.3 is 0 Å². The van der Waals surface area contributed by atoms with Gasteiger partial charge in [-0.2, -0.15) is 8.78 Å². The fourth-order valence-corrected chi connectivity index (χ4v) is 3.16. The highest BCUT2D eigenvalue weighted by Crippen LogP contribution is 2.30. The second-order valence-electron chi connectivity index (χ2n) is 5.57. The van der Waals surface area contributed by atoms with E-state index in [1.165, 1.54) is 0 Å². The van der Waals surface area contributed by atoms with Gasteiger partial charge in [-0.3, -0.25) is 0 Å². The quantitative estimate of drug-likeness (QED) is 0.503. The lowest BCUT2D eigenvalue weighted by Gasteiger charge is -2.13. The first-order valence-electron chi connectivity index (χ1n) is 8.32. The molecule has 1 aromatic heterocycles. The monoisotopic (exact) mass is 391 g/mol. The molecule has 0 unspecified atom stereocenters. The third kappa shape index (κ3) is 5.05. The number of hydrogen-bond acceptors (Lipinski definition) is 5. The summed E-state index contributed by atoms with van der Waals surface area (Å²) in [7, 11) is 1.55. The highest BCUT2D eigenvalue weighted by atomic mass is 32.2. The van der Waals surface area contributed by atoms with E-state index in [1.54, 1.807) is 11.7 Å². The summed E-state index contributed by atoms with van der Waals surface area (Å²) in [5, 5.41) is 8.03. The largest absolute Gasteiger partial charge is 0.485 e. The molecule has 0 atom stereocenters. The lowest BCUT2D eigenvalue weighted by Crippen LogP contribution is -2.12. The number of benzene rings is 2. The van der Waals surface area contributed by atoms with Crippen LogP contribution in [0.2, 0.25) is 0 Å². The van der Waals surface area contributed by atoms with Crippen molar-refractivity contribution in [1.82, 2.24) is 14.8 Å². The molecule has 0 radical (unpaired) electrons. The van der Waals surface area contributed by atoms with Gasteiger partial charge in [0.05, 0.1) is 6.61 Å². The number of aromatic nitrogens is 3. The van der Waals surface area contributed by atoms with Crippen LogP contribution in [-0.4, -0.2) is 34.2 Å². The lowest BCUT2D eigenvalue weighted by molar-refractivity contribution is 0.180. The van der Waals surface area contributed by atoms with Crippen molar-refractivity contribution < 1.29 is 18.3 Å². The number of thioether (sulfide) groups is 1. The number of rotatable bonds is 9. The maximum absolute atomic E-state index is 12.7. The van der Waals surface area contributed by atoms with Crippen LogP contribution >= 0.6 is 11.8 Å². The number of methoxy groups -OCH3 is 1. The van der Waals surface area contributed by atoms with Crippen molar-refractivity contribution >= 4 is 11.8 Å². The maximum Gasteiger partial charge on any atom is 0.291 e. The number of halogens is 2. The molecule has 27 heavy (non-hydrogen) atoms. The highest BCUT2D eigenvalue weighted by molar-refractivity contribution is 7.99. The summed E-state index contributed by atoms with van der Waals surface area (Å²) in [6, 6.07) is 17.5. The second kappa shape index (κ2) is 9.48. The van der Waals surface area contributed by atoms with Crippen LogP contribution in [0.4, 0.5) is 8.78 Å². The van der Waals surface area contributed by atoms with Gasteiger partial charge in [0, 0.05) is 19.2 Å². The average Bonchev–Trinajstić information content (AvgIpc) is 3.06. The van der Waals surface area contributed by atoms with Crippen molar-refractivity contribution in [3.8, 4) is 16.9 Å². The number of ether oxygens (including phenoxy) is 2. The van der Waals surface area contributed by atoms with E-state index in [9.17, 15) is 8.78 Å². The molecule has 2 aromatic carbocycles. The first-order chi connectivity index (χ1) is 13.2. The van der Waals surface area contributed by atoms with E-state index in [0.717, 1.165) is 11.1 Å². The molecule has 0 aliphatic heterocycles. The van der Waals surface area contributed by atoms with Crippen LogP contribution in [0, 0.1) is 0 Å². The van der Waals surface area contributed by atoms with E-state index in [2.05, 4.69) is 10.2 Å². The molecule has 8 heteroatoms. The standard InChI is InChI=1S/C19H19F2N3O2S/c1-25-12-11-24-17(22-23-19(24)27-18(20)21)13-26-16-10-6-5-9-15(16)14-7-3-2-4-8-14/h2-10,18H,11-13H2,1H3. The molecule has 142 valence electrons. The Balaban J connectivity index is 1.80. The molecule has 0 aliphatic rings. The molecule has 0 aliphatic carbocycles. The molecular formula is C19H19F2N3O2S. The summed E-state index contributed by atoms with van der Waals surface area (Å²) in [6.07, 6.45) is 0. The smallest absolute Gasteiger partial charge is 0.291 e. The fraction of sp³-hybridized carbons (Fsp3) is 0.263. The van der Waals surface area contributed by atoms with Crippen molar-refractivity contribution in [3.05, 3.63) is 60.4 Å². The Morgan fingerprint density at radius 1 is 1.04 bits per heavy atom. The zero-order chi connectivity index (χ0) is 19.1. The van der Waals surface area contributed by atoms with Gasteiger partial charge in [-0.15, -0.1) is 10.2 Å². The predicted octanol–water partition coefficient (Wildman–Crippen LogP) is 4.49. The summed E-state index contributed by atoms with van der Waals surface area (Å²) >= 11 is 0.363. The molecule has 0 fully saturated rings. The molecule has 0 saturated heterocycles. The molecule has 3 aromatic rings. The molecule has 0 spiro atoms. The van der Waals surface area contributed by atoms with Crippen LogP contribution in [-0.2, 0) is 17.9 Å². The van der Waals surface area contributed by atoms with Crippen LogP contribution in [0.25, 0.3) is 11.1 Å². The van der Waals surface area contributed by atoms with E-state index >= 15 is 0 Å². The Labute approximate surface area is 160 Å². The lowest BCUT2D eigenvalue weighted by atomic mass is 10.1. The van der Waals surface area contributed by atoms with E-state index in [1.807, 2.05) is 54.6 Å². The van der Waals surface area contributed by atoms with Crippen molar-refractivity contribution in [2.45, 2.75) is 24.1 Å². The van der Waals surface area contributed by atoms with Crippen molar-refractivity contribution in [2.24, 2.45) is 0 Å². The summed E-state index contributed by atoms with van der Waals surface area (Å²) < 4.78 is 38.1. The van der Waals surface area contributed by atoms with Crippen LogP contribution in [0.1, 0.15) is 5.82 Å². The van der Waals surface area contributed by atoms with Gasteiger partial charge in [0.2, 0.25) is 0 Å². The van der Waals surface area contributed by atoms with Crippen LogP contribution < -0.4 is 4.74 Å². The molecule has 5 nitrogen and oxygen atoms in total. The first-order valence-corrected chi connectivity index (χ1v) is 9.20. The summed E-state index contributed by atoms with van der Waals surface area (Å²) in [6.45, 7) is 0.852. The third-order valence-electron chi connectivity index (χ3n) is 3.84. The molecule has 0 saturated carbocycles. The third-order valence-corrected chi connectivity index (χ3v) is 4.53. The van der Waals surface area contributed by atoms with E-state index in [4.69, 9.17) is 9.47 Å². The van der Waals surface area contributed by atoms with Crippen molar-refractivity contribution in [1.29, 1.82) is 0 Å². The van der Waals surface area contributed by atoms with Crippen molar-refractivity contribution in [3.63, 3.8) is 0 Å². The number of para-hydroxylation sites is 1.